The zero-order chi connectivity index (χ0) is 11.7. The van der Waals surface area contributed by atoms with Gasteiger partial charge in [0.1, 0.15) is 0 Å². The standard InChI is InChI=1S/C13H13BrN2S/c14-13-8-17-7-12(13)10-3-9(4-15-6-10)5-16-11-1-2-11/h3-4,6-8,11,16H,1-2,5H2. The maximum Gasteiger partial charge on any atom is 0.0361 e. The number of hydrogen-bond acceptors (Lipinski definition) is 3. The van der Waals surface area contributed by atoms with Crippen molar-refractivity contribution >= 4 is 27.3 Å². The molecule has 0 atom stereocenters. The molecule has 0 aromatic carbocycles. The van der Waals surface area contributed by atoms with Gasteiger partial charge in [0.05, 0.1) is 0 Å². The van der Waals surface area contributed by atoms with Gasteiger partial charge in [0.25, 0.3) is 0 Å². The van der Waals surface area contributed by atoms with E-state index < -0.39 is 0 Å². The van der Waals surface area contributed by atoms with E-state index in [1.165, 1.54) is 29.5 Å². The van der Waals surface area contributed by atoms with Crippen molar-refractivity contribution in [3.63, 3.8) is 0 Å². The van der Waals surface area contributed by atoms with Gasteiger partial charge < -0.3 is 5.32 Å². The smallest absolute Gasteiger partial charge is 0.0361 e. The number of rotatable bonds is 4. The molecule has 1 fully saturated rings. The van der Waals surface area contributed by atoms with Gasteiger partial charge in [-0.25, -0.2) is 0 Å². The van der Waals surface area contributed by atoms with Crippen LogP contribution in [-0.4, -0.2) is 11.0 Å². The van der Waals surface area contributed by atoms with Crippen LogP contribution in [0.3, 0.4) is 0 Å². The van der Waals surface area contributed by atoms with Crippen LogP contribution in [0.2, 0.25) is 0 Å². The van der Waals surface area contributed by atoms with Crippen LogP contribution >= 0.6 is 27.3 Å². The van der Waals surface area contributed by atoms with Crippen LogP contribution in [0, 0.1) is 0 Å². The van der Waals surface area contributed by atoms with Crippen LogP contribution in [0.4, 0.5) is 0 Å². The number of nitrogens with zero attached hydrogens (tertiary/aromatic N) is 1. The third-order valence-electron chi connectivity index (χ3n) is 2.89. The molecule has 1 aliphatic rings. The number of hydrogen-bond donors (Lipinski definition) is 1. The molecule has 1 aliphatic carbocycles. The van der Waals surface area contributed by atoms with Crippen molar-refractivity contribution in [3.8, 4) is 11.1 Å². The van der Waals surface area contributed by atoms with Gasteiger partial charge in [-0.15, -0.1) is 0 Å². The molecule has 4 heteroatoms. The Hall–Kier alpha value is -0.710. The lowest BCUT2D eigenvalue weighted by molar-refractivity contribution is 0.686. The first kappa shape index (κ1) is 11.4. The van der Waals surface area contributed by atoms with Gasteiger partial charge in [-0.05, 0) is 45.8 Å². The van der Waals surface area contributed by atoms with Crippen LogP contribution in [0.1, 0.15) is 18.4 Å². The van der Waals surface area contributed by atoms with Crippen LogP contribution in [0.15, 0.2) is 33.7 Å². The first-order chi connectivity index (χ1) is 8.33. The highest BCUT2D eigenvalue weighted by Gasteiger charge is 2.20. The summed E-state index contributed by atoms with van der Waals surface area (Å²) in [6, 6.07) is 2.96. The fraction of sp³-hybridized carbons (Fsp3) is 0.308. The Morgan fingerprint density at radius 3 is 2.94 bits per heavy atom. The average molecular weight is 309 g/mol. The average Bonchev–Trinajstić information content (AvgIpc) is 3.08. The van der Waals surface area contributed by atoms with Crippen LogP contribution in [-0.2, 0) is 6.54 Å². The first-order valence-electron chi connectivity index (χ1n) is 5.72. The minimum atomic E-state index is 0.742. The van der Waals surface area contributed by atoms with Gasteiger partial charge in [0.15, 0.2) is 0 Å². The third-order valence-corrected chi connectivity index (χ3v) is 4.60. The van der Waals surface area contributed by atoms with Gasteiger partial charge in [-0.2, -0.15) is 11.3 Å². The third kappa shape index (κ3) is 2.76. The summed E-state index contributed by atoms with van der Waals surface area (Å²) in [4.78, 5) is 4.32. The number of thiophene rings is 1. The van der Waals surface area contributed by atoms with E-state index in [0.29, 0.717) is 0 Å². The number of nitrogens with one attached hydrogen (secondary N) is 1. The maximum absolute atomic E-state index is 4.32. The van der Waals surface area contributed by atoms with E-state index in [0.717, 1.165) is 17.1 Å². The molecule has 0 bridgehead atoms. The molecule has 0 saturated heterocycles. The monoisotopic (exact) mass is 308 g/mol. The highest BCUT2D eigenvalue weighted by Crippen LogP contribution is 2.31. The van der Waals surface area contributed by atoms with Crippen molar-refractivity contribution in [2.45, 2.75) is 25.4 Å². The van der Waals surface area contributed by atoms with Crippen molar-refractivity contribution in [2.75, 3.05) is 0 Å². The second-order valence-electron chi connectivity index (χ2n) is 4.37. The van der Waals surface area contributed by atoms with Crippen LogP contribution in [0.25, 0.3) is 11.1 Å². The van der Waals surface area contributed by atoms with Gasteiger partial charge in [0, 0.05) is 46.0 Å². The molecule has 0 radical (unpaired) electrons. The van der Waals surface area contributed by atoms with E-state index in [1.54, 1.807) is 11.3 Å². The second-order valence-corrected chi connectivity index (χ2v) is 5.97. The Bertz CT molecular complexity index is 520. The summed E-state index contributed by atoms with van der Waals surface area (Å²) in [5, 5.41) is 7.76. The molecule has 3 rings (SSSR count). The van der Waals surface area contributed by atoms with Crippen LogP contribution < -0.4 is 5.32 Å². The van der Waals surface area contributed by atoms with Crippen molar-refractivity contribution in [2.24, 2.45) is 0 Å². The van der Waals surface area contributed by atoms with E-state index in [4.69, 9.17) is 0 Å². The molecule has 2 heterocycles. The predicted molar refractivity (Wildman–Crippen MR) is 75.1 cm³/mol. The van der Waals surface area contributed by atoms with E-state index >= 15 is 0 Å². The Morgan fingerprint density at radius 2 is 2.24 bits per heavy atom. The lowest BCUT2D eigenvalue weighted by Crippen LogP contribution is -2.15. The molecule has 17 heavy (non-hydrogen) atoms. The number of halogens is 1. The summed E-state index contributed by atoms with van der Waals surface area (Å²) in [6.07, 6.45) is 6.51. The Kier molecular flexibility index (Phi) is 3.27. The normalized spacial score (nSPS) is 15.1. The molecule has 88 valence electrons. The molecule has 2 nitrogen and oxygen atoms in total. The van der Waals surface area contributed by atoms with E-state index in [-0.39, 0.29) is 0 Å². The molecule has 0 aliphatic heterocycles. The summed E-state index contributed by atoms with van der Waals surface area (Å²) in [7, 11) is 0. The zero-order valence-electron chi connectivity index (χ0n) is 9.32. The lowest BCUT2D eigenvalue weighted by atomic mass is 10.1. The number of pyridine rings is 1. The molecule has 0 spiro atoms. The largest absolute Gasteiger partial charge is 0.310 e. The molecule has 1 N–H and O–H groups in total. The Balaban J connectivity index is 1.80. The van der Waals surface area contributed by atoms with Crippen LogP contribution in [0.5, 0.6) is 0 Å². The maximum atomic E-state index is 4.32. The van der Waals surface area contributed by atoms with Gasteiger partial charge >= 0.3 is 0 Å². The van der Waals surface area contributed by atoms with E-state index in [2.05, 4.69) is 43.1 Å². The van der Waals surface area contributed by atoms with Crippen molar-refractivity contribution < 1.29 is 0 Å². The van der Waals surface area contributed by atoms with Gasteiger partial charge in [0.2, 0.25) is 0 Å². The molecule has 1 saturated carbocycles. The quantitative estimate of drug-likeness (QED) is 0.928. The molecular formula is C13H13BrN2S. The molecule has 2 aromatic rings. The van der Waals surface area contributed by atoms with E-state index in [1.807, 2.05) is 12.4 Å². The minimum absolute atomic E-state index is 0.742. The summed E-state index contributed by atoms with van der Waals surface area (Å²) in [6.45, 7) is 0.924. The molecular weight excluding hydrogens is 296 g/mol. The minimum Gasteiger partial charge on any atom is -0.310 e. The second kappa shape index (κ2) is 4.88. The van der Waals surface area contributed by atoms with Crippen molar-refractivity contribution in [3.05, 3.63) is 39.3 Å². The summed E-state index contributed by atoms with van der Waals surface area (Å²) in [5.41, 5.74) is 3.68. The summed E-state index contributed by atoms with van der Waals surface area (Å²) >= 11 is 5.27. The predicted octanol–water partition coefficient (Wildman–Crippen LogP) is 3.82. The highest BCUT2D eigenvalue weighted by molar-refractivity contribution is 9.10. The Labute approximate surface area is 113 Å². The number of aromatic nitrogens is 1. The topological polar surface area (TPSA) is 24.9 Å². The lowest BCUT2D eigenvalue weighted by Gasteiger charge is -2.05. The molecule has 0 unspecified atom stereocenters. The SMILES string of the molecule is Brc1cscc1-c1cncc(CNC2CC2)c1. The highest BCUT2D eigenvalue weighted by atomic mass is 79.9. The van der Waals surface area contributed by atoms with Gasteiger partial charge in [-0.1, -0.05) is 0 Å². The Morgan fingerprint density at radius 1 is 1.35 bits per heavy atom. The summed E-state index contributed by atoms with van der Waals surface area (Å²) < 4.78 is 1.15. The fourth-order valence-electron chi connectivity index (χ4n) is 1.77. The van der Waals surface area contributed by atoms with Crippen molar-refractivity contribution in [1.29, 1.82) is 0 Å². The molecule has 2 aromatic heterocycles. The fourth-order valence-corrected chi connectivity index (χ4v) is 3.30. The van der Waals surface area contributed by atoms with Gasteiger partial charge in [-0.3, -0.25) is 4.98 Å². The van der Waals surface area contributed by atoms with E-state index in [9.17, 15) is 0 Å². The summed E-state index contributed by atoms with van der Waals surface area (Å²) in [5.74, 6) is 0. The van der Waals surface area contributed by atoms with Crippen molar-refractivity contribution in [1.82, 2.24) is 10.3 Å². The zero-order valence-corrected chi connectivity index (χ0v) is 11.7. The first-order valence-corrected chi connectivity index (χ1v) is 7.46. The molecule has 0 amide bonds.